The second kappa shape index (κ2) is 17.3. The molecule has 1 unspecified atom stereocenters. The summed E-state index contributed by atoms with van der Waals surface area (Å²) in [6.45, 7) is 10.9. The van der Waals surface area contributed by atoms with Gasteiger partial charge in [0.25, 0.3) is 0 Å². The van der Waals surface area contributed by atoms with E-state index in [-0.39, 0.29) is 12.0 Å². The van der Waals surface area contributed by atoms with Gasteiger partial charge in [-0.1, -0.05) is 78.1 Å². The standard InChI is InChI=1S/C21H43NO2/c1-5-8-10-12-14-16-18-22(20(4)21(23)24-7-3)19-17-15-13-11-9-6-2/h20H,5-19H2,1-4H3. The Hall–Kier alpha value is -0.570. The van der Waals surface area contributed by atoms with E-state index >= 15 is 0 Å². The summed E-state index contributed by atoms with van der Waals surface area (Å²) in [5.74, 6) is -0.0607. The first kappa shape index (κ1) is 23.4. The molecular formula is C21H43NO2. The van der Waals surface area contributed by atoms with Crippen molar-refractivity contribution >= 4 is 5.97 Å². The number of hydrogen-bond acceptors (Lipinski definition) is 3. The summed E-state index contributed by atoms with van der Waals surface area (Å²) in [7, 11) is 0. The smallest absolute Gasteiger partial charge is 0.323 e. The van der Waals surface area contributed by atoms with Gasteiger partial charge < -0.3 is 4.74 Å². The zero-order valence-electron chi connectivity index (χ0n) is 16.9. The number of nitrogens with zero attached hydrogens (tertiary/aromatic N) is 1. The Balaban J connectivity index is 4.11. The van der Waals surface area contributed by atoms with Gasteiger partial charge in [-0.15, -0.1) is 0 Å². The number of hydrogen-bond donors (Lipinski definition) is 0. The highest BCUT2D eigenvalue weighted by Gasteiger charge is 2.21. The van der Waals surface area contributed by atoms with Crippen molar-refractivity contribution in [3.63, 3.8) is 0 Å². The molecule has 0 amide bonds. The first-order valence-corrected chi connectivity index (χ1v) is 10.6. The van der Waals surface area contributed by atoms with Gasteiger partial charge in [-0.2, -0.15) is 0 Å². The molecule has 0 fully saturated rings. The SMILES string of the molecule is CCCCCCCCN(CCCCCCCC)C(C)C(=O)OCC. The van der Waals surface area contributed by atoms with Gasteiger partial charge in [0.1, 0.15) is 6.04 Å². The molecule has 0 bridgehead atoms. The minimum Gasteiger partial charge on any atom is -0.465 e. The average Bonchev–Trinajstić information content (AvgIpc) is 2.58. The van der Waals surface area contributed by atoms with E-state index in [2.05, 4.69) is 18.7 Å². The van der Waals surface area contributed by atoms with Gasteiger partial charge in [0.05, 0.1) is 6.61 Å². The van der Waals surface area contributed by atoms with Gasteiger partial charge in [-0.05, 0) is 39.8 Å². The Morgan fingerprint density at radius 3 is 1.58 bits per heavy atom. The topological polar surface area (TPSA) is 29.5 Å². The van der Waals surface area contributed by atoms with Gasteiger partial charge >= 0.3 is 5.97 Å². The third-order valence-corrected chi connectivity index (χ3v) is 4.77. The third-order valence-electron chi connectivity index (χ3n) is 4.77. The molecule has 0 aliphatic heterocycles. The Labute approximate surface area is 151 Å². The van der Waals surface area contributed by atoms with Gasteiger partial charge in [0, 0.05) is 0 Å². The lowest BCUT2D eigenvalue weighted by Crippen LogP contribution is -2.41. The van der Waals surface area contributed by atoms with Crippen LogP contribution in [0.4, 0.5) is 0 Å². The normalized spacial score (nSPS) is 12.5. The van der Waals surface area contributed by atoms with E-state index in [1.807, 2.05) is 13.8 Å². The minimum atomic E-state index is -0.101. The third kappa shape index (κ3) is 12.8. The summed E-state index contributed by atoms with van der Waals surface area (Å²) >= 11 is 0. The monoisotopic (exact) mass is 341 g/mol. The zero-order valence-corrected chi connectivity index (χ0v) is 16.9. The fraction of sp³-hybridized carbons (Fsp3) is 0.952. The lowest BCUT2D eigenvalue weighted by atomic mass is 10.1. The molecule has 0 N–H and O–H groups in total. The fourth-order valence-corrected chi connectivity index (χ4v) is 3.10. The number of carbonyl (C=O) groups is 1. The number of unbranched alkanes of at least 4 members (excludes halogenated alkanes) is 10. The first-order chi connectivity index (χ1) is 11.7. The van der Waals surface area contributed by atoms with Gasteiger partial charge in [0.2, 0.25) is 0 Å². The van der Waals surface area contributed by atoms with Crippen molar-refractivity contribution in [1.29, 1.82) is 0 Å². The predicted molar refractivity (Wildman–Crippen MR) is 104 cm³/mol. The molecule has 1 atom stereocenters. The van der Waals surface area contributed by atoms with Crippen LogP contribution in [0.15, 0.2) is 0 Å². The van der Waals surface area contributed by atoms with Crippen LogP contribution >= 0.6 is 0 Å². The van der Waals surface area contributed by atoms with Crippen LogP contribution in [0.2, 0.25) is 0 Å². The predicted octanol–water partition coefficient (Wildman–Crippen LogP) is 5.96. The van der Waals surface area contributed by atoms with E-state index in [1.165, 1.54) is 77.0 Å². The van der Waals surface area contributed by atoms with E-state index in [0.717, 1.165) is 13.1 Å². The number of esters is 1. The van der Waals surface area contributed by atoms with Crippen molar-refractivity contribution in [2.24, 2.45) is 0 Å². The summed E-state index contributed by atoms with van der Waals surface area (Å²) in [6, 6.07) is -0.101. The van der Waals surface area contributed by atoms with Crippen LogP contribution in [-0.4, -0.2) is 36.6 Å². The summed E-state index contributed by atoms with van der Waals surface area (Å²) in [6.07, 6.45) is 15.6. The fourth-order valence-electron chi connectivity index (χ4n) is 3.10. The van der Waals surface area contributed by atoms with Gasteiger partial charge in [-0.25, -0.2) is 0 Å². The minimum absolute atomic E-state index is 0.0607. The Morgan fingerprint density at radius 2 is 1.17 bits per heavy atom. The molecule has 0 spiro atoms. The molecule has 24 heavy (non-hydrogen) atoms. The molecule has 0 aromatic carbocycles. The molecular weight excluding hydrogens is 298 g/mol. The van der Waals surface area contributed by atoms with E-state index in [9.17, 15) is 4.79 Å². The molecule has 0 heterocycles. The summed E-state index contributed by atoms with van der Waals surface area (Å²) in [5, 5.41) is 0. The van der Waals surface area contributed by atoms with Crippen molar-refractivity contribution in [3.05, 3.63) is 0 Å². The average molecular weight is 342 g/mol. The lowest BCUT2D eigenvalue weighted by Gasteiger charge is -2.27. The van der Waals surface area contributed by atoms with E-state index < -0.39 is 0 Å². The second-order valence-corrected chi connectivity index (χ2v) is 7.00. The Kier molecular flexibility index (Phi) is 16.8. The van der Waals surface area contributed by atoms with Crippen LogP contribution in [0.25, 0.3) is 0 Å². The lowest BCUT2D eigenvalue weighted by molar-refractivity contribution is -0.148. The van der Waals surface area contributed by atoms with Crippen molar-refractivity contribution in [2.45, 2.75) is 111 Å². The molecule has 0 rings (SSSR count). The molecule has 0 aliphatic carbocycles. The molecule has 3 heteroatoms. The largest absolute Gasteiger partial charge is 0.465 e. The number of ether oxygens (including phenoxy) is 1. The van der Waals surface area contributed by atoms with E-state index in [1.54, 1.807) is 0 Å². The van der Waals surface area contributed by atoms with Crippen molar-refractivity contribution < 1.29 is 9.53 Å². The molecule has 0 saturated heterocycles. The Bertz CT molecular complexity index is 265. The van der Waals surface area contributed by atoms with Crippen LogP contribution in [0.5, 0.6) is 0 Å². The zero-order chi connectivity index (χ0) is 18.0. The molecule has 0 aromatic heterocycles. The molecule has 144 valence electrons. The highest BCUT2D eigenvalue weighted by Crippen LogP contribution is 2.12. The molecule has 0 aromatic rings. The molecule has 3 nitrogen and oxygen atoms in total. The van der Waals surface area contributed by atoms with Crippen LogP contribution < -0.4 is 0 Å². The second-order valence-electron chi connectivity index (χ2n) is 7.00. The highest BCUT2D eigenvalue weighted by molar-refractivity contribution is 5.75. The van der Waals surface area contributed by atoms with Crippen molar-refractivity contribution in [2.75, 3.05) is 19.7 Å². The first-order valence-electron chi connectivity index (χ1n) is 10.6. The van der Waals surface area contributed by atoms with E-state index in [0.29, 0.717) is 6.61 Å². The maximum absolute atomic E-state index is 12.1. The molecule has 0 saturated carbocycles. The van der Waals surface area contributed by atoms with Crippen molar-refractivity contribution in [1.82, 2.24) is 4.90 Å². The van der Waals surface area contributed by atoms with E-state index in [4.69, 9.17) is 4.74 Å². The van der Waals surface area contributed by atoms with Crippen LogP contribution in [0, 0.1) is 0 Å². The summed E-state index contributed by atoms with van der Waals surface area (Å²) in [5.41, 5.74) is 0. The molecule has 0 aliphatic rings. The summed E-state index contributed by atoms with van der Waals surface area (Å²) < 4.78 is 5.22. The van der Waals surface area contributed by atoms with Crippen LogP contribution in [0.1, 0.15) is 105 Å². The highest BCUT2D eigenvalue weighted by atomic mass is 16.5. The molecule has 0 radical (unpaired) electrons. The number of rotatable bonds is 17. The van der Waals surface area contributed by atoms with Crippen LogP contribution in [0.3, 0.4) is 0 Å². The summed E-state index contributed by atoms with van der Waals surface area (Å²) in [4.78, 5) is 14.4. The van der Waals surface area contributed by atoms with Crippen molar-refractivity contribution in [3.8, 4) is 0 Å². The van der Waals surface area contributed by atoms with Gasteiger partial charge in [0.15, 0.2) is 0 Å². The number of carbonyl (C=O) groups excluding carboxylic acids is 1. The van der Waals surface area contributed by atoms with Gasteiger partial charge in [-0.3, -0.25) is 9.69 Å². The Morgan fingerprint density at radius 1 is 0.750 bits per heavy atom. The maximum atomic E-state index is 12.1. The quantitative estimate of drug-likeness (QED) is 0.241. The van der Waals surface area contributed by atoms with Crippen LogP contribution in [-0.2, 0) is 9.53 Å². The maximum Gasteiger partial charge on any atom is 0.323 e.